The van der Waals surface area contributed by atoms with Gasteiger partial charge in [0.25, 0.3) is 5.91 Å². The van der Waals surface area contributed by atoms with Crippen LogP contribution in [0.5, 0.6) is 5.75 Å². The van der Waals surface area contributed by atoms with Gasteiger partial charge in [0.1, 0.15) is 11.9 Å². The summed E-state index contributed by atoms with van der Waals surface area (Å²) in [7, 11) is 0. The van der Waals surface area contributed by atoms with Crippen molar-refractivity contribution in [2.75, 3.05) is 32.7 Å². The van der Waals surface area contributed by atoms with Gasteiger partial charge < -0.3 is 14.5 Å². The fourth-order valence-electron chi connectivity index (χ4n) is 3.89. The molecule has 6 nitrogen and oxygen atoms in total. The molecule has 1 aromatic heterocycles. The molecule has 4 rings (SSSR count). The SMILES string of the molecule is CCN1CCC(Oc2ccc(-n3cc(C(=O)N4CCCC4)cn3)cc2)CC1. The molecule has 0 aliphatic carbocycles. The van der Waals surface area contributed by atoms with E-state index in [1.54, 1.807) is 10.9 Å². The van der Waals surface area contributed by atoms with E-state index in [1.165, 1.54) is 0 Å². The van der Waals surface area contributed by atoms with Gasteiger partial charge in [-0.05, 0) is 56.5 Å². The molecule has 0 N–H and O–H groups in total. The first-order valence-electron chi connectivity index (χ1n) is 10.1. The van der Waals surface area contributed by atoms with Crippen molar-refractivity contribution in [2.45, 2.75) is 38.7 Å². The molecule has 144 valence electrons. The van der Waals surface area contributed by atoms with Crippen LogP contribution >= 0.6 is 0 Å². The molecule has 2 aliphatic heterocycles. The number of amides is 1. The number of piperidine rings is 1. The maximum absolute atomic E-state index is 12.5. The Morgan fingerprint density at radius 2 is 1.81 bits per heavy atom. The first kappa shape index (κ1) is 18.0. The van der Waals surface area contributed by atoms with E-state index in [2.05, 4.69) is 16.9 Å². The quantitative estimate of drug-likeness (QED) is 0.814. The van der Waals surface area contributed by atoms with E-state index in [9.17, 15) is 4.79 Å². The van der Waals surface area contributed by atoms with Crippen LogP contribution in [0, 0.1) is 0 Å². The number of benzene rings is 1. The maximum atomic E-state index is 12.5. The Balaban J connectivity index is 1.37. The van der Waals surface area contributed by atoms with Crippen molar-refractivity contribution in [1.82, 2.24) is 19.6 Å². The second-order valence-corrected chi connectivity index (χ2v) is 7.42. The zero-order valence-corrected chi connectivity index (χ0v) is 16.0. The van der Waals surface area contributed by atoms with Crippen molar-refractivity contribution >= 4 is 5.91 Å². The third kappa shape index (κ3) is 4.16. The van der Waals surface area contributed by atoms with Crippen LogP contribution in [-0.4, -0.2) is 64.3 Å². The summed E-state index contributed by atoms with van der Waals surface area (Å²) in [6, 6.07) is 7.97. The number of carbonyl (C=O) groups is 1. The molecule has 2 aromatic rings. The van der Waals surface area contributed by atoms with Crippen molar-refractivity contribution < 1.29 is 9.53 Å². The molecule has 0 saturated carbocycles. The van der Waals surface area contributed by atoms with E-state index in [0.29, 0.717) is 11.7 Å². The van der Waals surface area contributed by atoms with Crippen molar-refractivity contribution in [3.05, 3.63) is 42.2 Å². The van der Waals surface area contributed by atoms with Crippen LogP contribution in [0.2, 0.25) is 0 Å². The van der Waals surface area contributed by atoms with E-state index in [-0.39, 0.29) is 5.91 Å². The molecule has 1 amide bonds. The van der Waals surface area contributed by atoms with Gasteiger partial charge in [-0.15, -0.1) is 0 Å². The third-order valence-electron chi connectivity index (χ3n) is 5.61. The Hall–Kier alpha value is -2.34. The molecule has 0 radical (unpaired) electrons. The number of hydrogen-bond donors (Lipinski definition) is 0. The highest BCUT2D eigenvalue weighted by atomic mass is 16.5. The van der Waals surface area contributed by atoms with Crippen LogP contribution in [0.1, 0.15) is 43.0 Å². The van der Waals surface area contributed by atoms with Gasteiger partial charge >= 0.3 is 0 Å². The highest BCUT2D eigenvalue weighted by molar-refractivity contribution is 5.94. The molecule has 3 heterocycles. The Kier molecular flexibility index (Phi) is 5.43. The average molecular weight is 368 g/mol. The van der Waals surface area contributed by atoms with Gasteiger partial charge in [-0.3, -0.25) is 4.79 Å². The highest BCUT2D eigenvalue weighted by Gasteiger charge is 2.21. The molecule has 6 heteroatoms. The van der Waals surface area contributed by atoms with Crippen molar-refractivity contribution in [1.29, 1.82) is 0 Å². The Morgan fingerprint density at radius 3 is 2.48 bits per heavy atom. The summed E-state index contributed by atoms with van der Waals surface area (Å²) in [6.07, 6.45) is 8.13. The van der Waals surface area contributed by atoms with E-state index in [1.807, 2.05) is 35.4 Å². The molecule has 2 saturated heterocycles. The fourth-order valence-corrected chi connectivity index (χ4v) is 3.89. The van der Waals surface area contributed by atoms with Crippen molar-refractivity contribution in [3.63, 3.8) is 0 Å². The number of aromatic nitrogens is 2. The lowest BCUT2D eigenvalue weighted by molar-refractivity contribution is 0.0793. The predicted octanol–water partition coefficient (Wildman–Crippen LogP) is 2.97. The number of hydrogen-bond acceptors (Lipinski definition) is 4. The summed E-state index contributed by atoms with van der Waals surface area (Å²) in [5, 5.41) is 4.36. The van der Waals surface area contributed by atoms with Crippen LogP contribution in [0.15, 0.2) is 36.7 Å². The summed E-state index contributed by atoms with van der Waals surface area (Å²) in [5.41, 5.74) is 1.59. The van der Waals surface area contributed by atoms with Gasteiger partial charge in [-0.2, -0.15) is 5.10 Å². The molecule has 2 fully saturated rings. The maximum Gasteiger partial charge on any atom is 0.257 e. The number of likely N-dealkylation sites (tertiary alicyclic amines) is 2. The number of nitrogens with zero attached hydrogens (tertiary/aromatic N) is 4. The summed E-state index contributed by atoms with van der Waals surface area (Å²) in [4.78, 5) is 16.8. The number of rotatable bonds is 5. The normalized spacial score (nSPS) is 18.8. The Bertz CT molecular complexity index is 757. The van der Waals surface area contributed by atoms with Crippen LogP contribution in [0.25, 0.3) is 5.69 Å². The zero-order chi connectivity index (χ0) is 18.6. The summed E-state index contributed by atoms with van der Waals surface area (Å²) < 4.78 is 7.89. The molecular formula is C21H28N4O2. The van der Waals surface area contributed by atoms with Gasteiger partial charge in [0, 0.05) is 32.4 Å². The fraction of sp³-hybridized carbons (Fsp3) is 0.524. The summed E-state index contributed by atoms with van der Waals surface area (Å²) in [6.45, 7) is 7.26. The molecular weight excluding hydrogens is 340 g/mol. The average Bonchev–Trinajstić information content (AvgIpc) is 3.41. The monoisotopic (exact) mass is 368 g/mol. The minimum atomic E-state index is 0.0807. The lowest BCUT2D eigenvalue weighted by atomic mass is 10.1. The molecule has 0 atom stereocenters. The van der Waals surface area contributed by atoms with Gasteiger partial charge in [-0.25, -0.2) is 4.68 Å². The predicted molar refractivity (Wildman–Crippen MR) is 104 cm³/mol. The standard InChI is InChI=1S/C21H28N4O2/c1-2-23-13-9-20(10-14-23)27-19-7-5-18(6-8-19)25-16-17(15-22-25)21(26)24-11-3-4-12-24/h5-8,15-16,20H,2-4,9-14H2,1H3. The highest BCUT2D eigenvalue weighted by Crippen LogP contribution is 2.21. The zero-order valence-electron chi connectivity index (χ0n) is 16.0. The van der Waals surface area contributed by atoms with E-state index < -0.39 is 0 Å². The number of carbonyl (C=O) groups excluding carboxylic acids is 1. The Morgan fingerprint density at radius 1 is 1.11 bits per heavy atom. The minimum Gasteiger partial charge on any atom is -0.490 e. The topological polar surface area (TPSA) is 50.6 Å². The van der Waals surface area contributed by atoms with Crippen LogP contribution in [-0.2, 0) is 0 Å². The summed E-state index contributed by atoms with van der Waals surface area (Å²) >= 11 is 0. The molecule has 0 bridgehead atoms. The van der Waals surface area contributed by atoms with Gasteiger partial charge in [0.05, 0.1) is 17.4 Å². The van der Waals surface area contributed by atoms with Gasteiger partial charge in [-0.1, -0.05) is 6.92 Å². The van der Waals surface area contributed by atoms with Crippen LogP contribution in [0.3, 0.4) is 0 Å². The third-order valence-corrected chi connectivity index (χ3v) is 5.61. The van der Waals surface area contributed by atoms with E-state index in [4.69, 9.17) is 4.74 Å². The summed E-state index contributed by atoms with van der Waals surface area (Å²) in [5.74, 6) is 0.978. The van der Waals surface area contributed by atoms with Crippen LogP contribution in [0.4, 0.5) is 0 Å². The molecule has 0 spiro atoms. The molecule has 27 heavy (non-hydrogen) atoms. The van der Waals surface area contributed by atoms with E-state index >= 15 is 0 Å². The Labute approximate surface area is 160 Å². The second kappa shape index (κ2) is 8.13. The smallest absolute Gasteiger partial charge is 0.257 e. The lowest BCUT2D eigenvalue weighted by Gasteiger charge is -2.31. The minimum absolute atomic E-state index is 0.0807. The van der Waals surface area contributed by atoms with E-state index in [0.717, 1.165) is 69.8 Å². The molecule has 2 aliphatic rings. The largest absolute Gasteiger partial charge is 0.490 e. The molecule has 1 aromatic carbocycles. The van der Waals surface area contributed by atoms with Crippen LogP contribution < -0.4 is 4.74 Å². The number of ether oxygens (including phenoxy) is 1. The second-order valence-electron chi connectivity index (χ2n) is 7.42. The first-order valence-corrected chi connectivity index (χ1v) is 10.1. The first-order chi connectivity index (χ1) is 13.2. The van der Waals surface area contributed by atoms with Gasteiger partial charge in [0.15, 0.2) is 0 Å². The molecule has 0 unspecified atom stereocenters. The van der Waals surface area contributed by atoms with Gasteiger partial charge in [0.2, 0.25) is 0 Å². The van der Waals surface area contributed by atoms with Crippen molar-refractivity contribution in [3.8, 4) is 11.4 Å². The van der Waals surface area contributed by atoms with Crippen molar-refractivity contribution in [2.24, 2.45) is 0 Å². The lowest BCUT2D eigenvalue weighted by Crippen LogP contribution is -2.37.